The molecule has 0 aliphatic heterocycles. The summed E-state index contributed by atoms with van der Waals surface area (Å²) >= 11 is 0. The minimum Gasteiger partial charge on any atom is -0.508 e. The monoisotopic (exact) mass is 285 g/mol. The molecule has 21 heavy (non-hydrogen) atoms. The molecule has 2 N–H and O–H groups in total. The lowest BCUT2D eigenvalue weighted by molar-refractivity contribution is -0.143. The van der Waals surface area contributed by atoms with Crippen LogP contribution in [0, 0.1) is 0 Å². The fraction of sp³-hybridized carbons (Fsp3) is 0.235. The molecule has 1 unspecified atom stereocenters. The smallest absolute Gasteiger partial charge is 0.325 e. The average molecular weight is 285 g/mol. The van der Waals surface area contributed by atoms with Crippen molar-refractivity contribution in [2.75, 3.05) is 6.54 Å². The van der Waals surface area contributed by atoms with Crippen molar-refractivity contribution in [1.82, 2.24) is 4.90 Å². The van der Waals surface area contributed by atoms with Gasteiger partial charge >= 0.3 is 5.97 Å². The number of hydrogen-bond donors (Lipinski definition) is 2. The summed E-state index contributed by atoms with van der Waals surface area (Å²) in [7, 11) is 0. The van der Waals surface area contributed by atoms with Gasteiger partial charge < -0.3 is 10.2 Å². The van der Waals surface area contributed by atoms with Gasteiger partial charge in [0.25, 0.3) is 0 Å². The lowest BCUT2D eigenvalue weighted by atomic mass is 10.0. The van der Waals surface area contributed by atoms with Gasteiger partial charge in [0, 0.05) is 6.54 Å². The molecule has 0 heterocycles. The zero-order chi connectivity index (χ0) is 15.2. The summed E-state index contributed by atoms with van der Waals surface area (Å²) in [6.45, 7) is 3.08. The average Bonchev–Trinajstić information content (AvgIpc) is 2.47. The van der Waals surface area contributed by atoms with Gasteiger partial charge in [-0.15, -0.1) is 0 Å². The molecule has 4 heteroatoms. The molecule has 0 aliphatic carbocycles. The number of carboxylic acids is 1. The lowest BCUT2D eigenvalue weighted by Gasteiger charge is -2.28. The second-order valence-electron chi connectivity index (χ2n) is 4.88. The van der Waals surface area contributed by atoms with E-state index in [0.717, 1.165) is 5.56 Å². The van der Waals surface area contributed by atoms with E-state index in [9.17, 15) is 15.0 Å². The molecule has 0 saturated carbocycles. The summed E-state index contributed by atoms with van der Waals surface area (Å²) in [4.78, 5) is 13.5. The number of benzene rings is 2. The number of rotatable bonds is 6. The Morgan fingerprint density at radius 2 is 1.86 bits per heavy atom. The number of phenolic OH excluding ortho intramolecular Hbond substituents is 1. The number of nitrogens with zero attached hydrogens (tertiary/aromatic N) is 1. The van der Waals surface area contributed by atoms with E-state index < -0.39 is 12.0 Å². The molecule has 0 bridgehead atoms. The number of aliphatic carboxylic acids is 1. The second kappa shape index (κ2) is 6.90. The van der Waals surface area contributed by atoms with Crippen molar-refractivity contribution in [3.05, 3.63) is 65.7 Å². The van der Waals surface area contributed by atoms with Gasteiger partial charge in [-0.25, -0.2) is 0 Å². The van der Waals surface area contributed by atoms with Gasteiger partial charge in [-0.3, -0.25) is 9.69 Å². The molecule has 0 fully saturated rings. The molecule has 0 aliphatic rings. The third-order valence-corrected chi connectivity index (χ3v) is 3.42. The zero-order valence-corrected chi connectivity index (χ0v) is 11.9. The van der Waals surface area contributed by atoms with Gasteiger partial charge in [0.2, 0.25) is 0 Å². The van der Waals surface area contributed by atoms with Crippen molar-refractivity contribution in [2.24, 2.45) is 0 Å². The maximum atomic E-state index is 11.7. The predicted molar refractivity (Wildman–Crippen MR) is 81.0 cm³/mol. The van der Waals surface area contributed by atoms with E-state index in [2.05, 4.69) is 0 Å². The van der Waals surface area contributed by atoms with Crippen LogP contribution < -0.4 is 0 Å². The molecular formula is C17H19NO3. The van der Waals surface area contributed by atoms with Crippen LogP contribution in [0.3, 0.4) is 0 Å². The fourth-order valence-corrected chi connectivity index (χ4v) is 2.41. The molecule has 2 rings (SSSR count). The SMILES string of the molecule is CCN(Cc1ccccc1)C(C(=O)O)c1cccc(O)c1. The third-order valence-electron chi connectivity index (χ3n) is 3.42. The number of carbonyl (C=O) groups is 1. The van der Waals surface area contributed by atoms with Crippen LogP contribution in [0.1, 0.15) is 24.1 Å². The first kappa shape index (κ1) is 15.1. The molecule has 0 saturated heterocycles. The van der Waals surface area contributed by atoms with E-state index in [4.69, 9.17) is 0 Å². The first-order valence-corrected chi connectivity index (χ1v) is 6.91. The Morgan fingerprint density at radius 1 is 1.14 bits per heavy atom. The predicted octanol–water partition coefficient (Wildman–Crippen LogP) is 3.04. The Balaban J connectivity index is 2.29. The van der Waals surface area contributed by atoms with Crippen LogP contribution in [0.15, 0.2) is 54.6 Å². The maximum absolute atomic E-state index is 11.7. The van der Waals surface area contributed by atoms with Gasteiger partial charge in [-0.2, -0.15) is 0 Å². The summed E-state index contributed by atoms with van der Waals surface area (Å²) in [6.07, 6.45) is 0. The molecule has 0 spiro atoms. The van der Waals surface area contributed by atoms with Crippen LogP contribution >= 0.6 is 0 Å². The van der Waals surface area contributed by atoms with Crippen LogP contribution in [-0.4, -0.2) is 27.6 Å². The van der Waals surface area contributed by atoms with Crippen LogP contribution in [-0.2, 0) is 11.3 Å². The summed E-state index contributed by atoms with van der Waals surface area (Å²) in [5.41, 5.74) is 1.64. The molecule has 0 amide bonds. The van der Waals surface area contributed by atoms with E-state index in [-0.39, 0.29) is 5.75 Å². The third kappa shape index (κ3) is 3.83. The standard InChI is InChI=1S/C17H19NO3/c1-2-18(12-13-7-4-3-5-8-13)16(17(20)21)14-9-6-10-15(19)11-14/h3-11,16,19H,2,12H2,1H3,(H,20,21). The minimum absolute atomic E-state index is 0.0783. The zero-order valence-electron chi connectivity index (χ0n) is 11.9. The Labute approximate surface area is 124 Å². The normalized spacial score (nSPS) is 12.3. The largest absolute Gasteiger partial charge is 0.508 e. The van der Waals surface area contributed by atoms with Crippen molar-refractivity contribution < 1.29 is 15.0 Å². The van der Waals surface area contributed by atoms with E-state index in [1.165, 1.54) is 12.1 Å². The highest BCUT2D eigenvalue weighted by molar-refractivity contribution is 5.75. The number of hydrogen-bond acceptors (Lipinski definition) is 3. The second-order valence-corrected chi connectivity index (χ2v) is 4.88. The topological polar surface area (TPSA) is 60.8 Å². The number of aromatic hydroxyl groups is 1. The Hall–Kier alpha value is -2.33. The van der Waals surface area contributed by atoms with E-state index in [1.807, 2.05) is 42.2 Å². The van der Waals surface area contributed by atoms with Crippen LogP contribution in [0.2, 0.25) is 0 Å². The Bertz CT molecular complexity index is 598. The molecule has 0 radical (unpaired) electrons. The van der Waals surface area contributed by atoms with E-state index in [1.54, 1.807) is 12.1 Å². The number of likely N-dealkylation sites (N-methyl/N-ethyl adjacent to an activating group) is 1. The summed E-state index contributed by atoms with van der Waals surface area (Å²) in [5.74, 6) is -0.840. The lowest BCUT2D eigenvalue weighted by Crippen LogP contribution is -2.33. The maximum Gasteiger partial charge on any atom is 0.325 e. The molecular weight excluding hydrogens is 266 g/mol. The highest BCUT2D eigenvalue weighted by Gasteiger charge is 2.26. The van der Waals surface area contributed by atoms with Gasteiger partial charge in [0.1, 0.15) is 11.8 Å². The van der Waals surface area contributed by atoms with Crippen molar-refractivity contribution in [3.63, 3.8) is 0 Å². The van der Waals surface area contributed by atoms with Crippen molar-refractivity contribution in [3.8, 4) is 5.75 Å². The Kier molecular flexibility index (Phi) is 4.95. The van der Waals surface area contributed by atoms with Crippen LogP contribution in [0.25, 0.3) is 0 Å². The fourth-order valence-electron chi connectivity index (χ4n) is 2.41. The molecule has 110 valence electrons. The van der Waals surface area contributed by atoms with Crippen molar-refractivity contribution in [1.29, 1.82) is 0 Å². The minimum atomic E-state index is -0.918. The van der Waals surface area contributed by atoms with Gasteiger partial charge in [0.15, 0.2) is 0 Å². The highest BCUT2D eigenvalue weighted by Crippen LogP contribution is 2.25. The summed E-state index contributed by atoms with van der Waals surface area (Å²) < 4.78 is 0. The van der Waals surface area contributed by atoms with Crippen molar-refractivity contribution in [2.45, 2.75) is 19.5 Å². The van der Waals surface area contributed by atoms with Crippen LogP contribution in [0.4, 0.5) is 0 Å². The van der Waals surface area contributed by atoms with Crippen molar-refractivity contribution >= 4 is 5.97 Å². The molecule has 2 aromatic rings. The summed E-state index contributed by atoms with van der Waals surface area (Å²) in [6, 6.07) is 15.4. The number of carboxylic acid groups (broad SMARTS) is 1. The van der Waals surface area contributed by atoms with E-state index in [0.29, 0.717) is 18.7 Å². The van der Waals surface area contributed by atoms with Crippen LogP contribution in [0.5, 0.6) is 5.75 Å². The van der Waals surface area contributed by atoms with Gasteiger partial charge in [0.05, 0.1) is 0 Å². The van der Waals surface area contributed by atoms with Gasteiger partial charge in [-0.05, 0) is 29.8 Å². The molecule has 2 aromatic carbocycles. The van der Waals surface area contributed by atoms with Gasteiger partial charge in [-0.1, -0.05) is 49.4 Å². The summed E-state index contributed by atoms with van der Waals surface area (Å²) in [5, 5.41) is 19.2. The highest BCUT2D eigenvalue weighted by atomic mass is 16.4. The molecule has 4 nitrogen and oxygen atoms in total. The molecule has 0 aromatic heterocycles. The first-order valence-electron chi connectivity index (χ1n) is 6.91. The molecule has 1 atom stereocenters. The first-order chi connectivity index (χ1) is 10.1. The Morgan fingerprint density at radius 3 is 2.43 bits per heavy atom. The van der Waals surface area contributed by atoms with E-state index >= 15 is 0 Å². The quantitative estimate of drug-likeness (QED) is 0.856. The number of phenols is 1.